The number of carbonyl (C=O) groups is 1. The van der Waals surface area contributed by atoms with Gasteiger partial charge in [0.05, 0.1) is 6.42 Å². The molecule has 0 N–H and O–H groups in total. The Morgan fingerprint density at radius 1 is 1.78 bits per heavy atom. The van der Waals surface area contributed by atoms with E-state index in [4.69, 9.17) is 0 Å². The van der Waals surface area contributed by atoms with Crippen molar-refractivity contribution in [2.24, 2.45) is 5.92 Å². The first-order valence-corrected chi connectivity index (χ1v) is 2.97. The summed E-state index contributed by atoms with van der Waals surface area (Å²) in [6.07, 6.45) is 2.59. The highest BCUT2D eigenvalue weighted by atomic mass is 16.4. The molecule has 0 fully saturated rings. The van der Waals surface area contributed by atoms with Crippen molar-refractivity contribution in [3.8, 4) is 0 Å². The number of allylic oxidation sites excluding steroid dienone is 1. The minimum Gasteiger partial charge on any atom is -0.247 e. The van der Waals surface area contributed by atoms with Crippen molar-refractivity contribution >= 4 is 5.97 Å². The van der Waals surface area contributed by atoms with Crippen LogP contribution in [0.3, 0.4) is 0 Å². The topological polar surface area (TPSA) is 37.0 Å². The summed E-state index contributed by atoms with van der Waals surface area (Å²) < 4.78 is 0. The quantitative estimate of drug-likeness (QED) is 0.528. The molecule has 0 saturated heterocycles. The third kappa shape index (κ3) is 5.07. The van der Waals surface area contributed by atoms with Crippen LogP contribution in [0, 0.1) is 5.92 Å². The lowest BCUT2D eigenvalue weighted by Crippen LogP contribution is -2.01. The molecular formula is C7H11O2. The summed E-state index contributed by atoms with van der Waals surface area (Å²) in [5.74, 6) is -0.822. The SMILES string of the molecule is C=CCC(C)CC([O])=O. The van der Waals surface area contributed by atoms with E-state index >= 15 is 0 Å². The van der Waals surface area contributed by atoms with E-state index in [9.17, 15) is 9.90 Å². The van der Waals surface area contributed by atoms with Gasteiger partial charge in [-0.15, -0.1) is 6.58 Å². The summed E-state index contributed by atoms with van der Waals surface area (Å²) in [6, 6.07) is 0. The van der Waals surface area contributed by atoms with Gasteiger partial charge in [-0.3, -0.25) is 0 Å². The van der Waals surface area contributed by atoms with Crippen molar-refractivity contribution < 1.29 is 9.90 Å². The van der Waals surface area contributed by atoms with Crippen LogP contribution in [0.25, 0.3) is 0 Å². The third-order valence-electron chi connectivity index (χ3n) is 1.08. The van der Waals surface area contributed by atoms with Crippen molar-refractivity contribution in [1.82, 2.24) is 0 Å². The van der Waals surface area contributed by atoms with Crippen LogP contribution >= 0.6 is 0 Å². The molecule has 9 heavy (non-hydrogen) atoms. The average molecular weight is 127 g/mol. The van der Waals surface area contributed by atoms with E-state index in [1.54, 1.807) is 6.08 Å². The standard InChI is InChI=1S/C7H11O2/c1-3-4-6(2)5-7(8)9/h3,6H,1,4-5H2,2H3. The van der Waals surface area contributed by atoms with E-state index < -0.39 is 5.97 Å². The minimum absolute atomic E-state index is 0.131. The third-order valence-corrected chi connectivity index (χ3v) is 1.08. The van der Waals surface area contributed by atoms with Crippen LogP contribution in [0.1, 0.15) is 19.8 Å². The van der Waals surface area contributed by atoms with Gasteiger partial charge in [0.15, 0.2) is 0 Å². The van der Waals surface area contributed by atoms with Gasteiger partial charge in [-0.05, 0) is 12.3 Å². The molecule has 0 rings (SSSR count). The fourth-order valence-electron chi connectivity index (χ4n) is 0.652. The van der Waals surface area contributed by atoms with Crippen molar-refractivity contribution in [2.75, 3.05) is 0 Å². The Morgan fingerprint density at radius 2 is 2.33 bits per heavy atom. The monoisotopic (exact) mass is 127 g/mol. The Bertz CT molecular complexity index is 107. The summed E-state index contributed by atoms with van der Waals surface area (Å²) in [4.78, 5) is 9.94. The number of hydrogen-bond acceptors (Lipinski definition) is 1. The second-order valence-corrected chi connectivity index (χ2v) is 2.21. The molecule has 1 radical (unpaired) electrons. The van der Waals surface area contributed by atoms with Crippen molar-refractivity contribution in [3.63, 3.8) is 0 Å². The lowest BCUT2D eigenvalue weighted by atomic mass is 10.0. The molecule has 0 aliphatic heterocycles. The zero-order chi connectivity index (χ0) is 7.28. The second kappa shape index (κ2) is 4.13. The summed E-state index contributed by atoms with van der Waals surface area (Å²) in [6.45, 7) is 5.35. The zero-order valence-electron chi connectivity index (χ0n) is 5.59. The van der Waals surface area contributed by atoms with Gasteiger partial charge < -0.3 is 0 Å². The van der Waals surface area contributed by atoms with E-state index in [2.05, 4.69) is 6.58 Å². The van der Waals surface area contributed by atoms with Crippen LogP contribution in [-0.4, -0.2) is 5.97 Å². The highest BCUT2D eigenvalue weighted by molar-refractivity contribution is 5.66. The molecule has 0 bridgehead atoms. The molecule has 0 heterocycles. The summed E-state index contributed by atoms with van der Waals surface area (Å²) in [7, 11) is 0. The molecule has 2 heteroatoms. The molecule has 0 aliphatic rings. The molecule has 1 atom stereocenters. The largest absolute Gasteiger partial charge is 0.355 e. The van der Waals surface area contributed by atoms with Crippen LogP contribution in [0.4, 0.5) is 0 Å². The van der Waals surface area contributed by atoms with E-state index in [-0.39, 0.29) is 12.3 Å². The smallest absolute Gasteiger partial charge is 0.247 e. The van der Waals surface area contributed by atoms with Gasteiger partial charge in [0.2, 0.25) is 0 Å². The first-order valence-electron chi connectivity index (χ1n) is 2.97. The van der Waals surface area contributed by atoms with E-state index in [0.29, 0.717) is 0 Å². The van der Waals surface area contributed by atoms with Crippen LogP contribution in [-0.2, 0) is 9.90 Å². The van der Waals surface area contributed by atoms with Crippen LogP contribution < -0.4 is 0 Å². The van der Waals surface area contributed by atoms with Crippen molar-refractivity contribution in [3.05, 3.63) is 12.7 Å². The molecule has 1 unspecified atom stereocenters. The highest BCUT2D eigenvalue weighted by Gasteiger charge is 2.05. The summed E-state index contributed by atoms with van der Waals surface area (Å²) in [5.41, 5.74) is 0. The predicted molar refractivity (Wildman–Crippen MR) is 34.3 cm³/mol. The molecule has 2 nitrogen and oxygen atoms in total. The number of rotatable bonds is 4. The van der Waals surface area contributed by atoms with Gasteiger partial charge in [0.1, 0.15) is 0 Å². The molecule has 0 spiro atoms. The van der Waals surface area contributed by atoms with Gasteiger partial charge >= 0.3 is 5.97 Å². The molecule has 0 aromatic rings. The predicted octanol–water partition coefficient (Wildman–Crippen LogP) is 1.55. The maximum atomic E-state index is 9.94. The van der Waals surface area contributed by atoms with Gasteiger partial charge in [-0.2, -0.15) is 0 Å². The molecule has 0 aromatic heterocycles. The molecular weight excluding hydrogens is 116 g/mol. The Hall–Kier alpha value is -0.790. The Kier molecular flexibility index (Phi) is 3.76. The molecule has 0 amide bonds. The fraction of sp³-hybridized carbons (Fsp3) is 0.571. The lowest BCUT2D eigenvalue weighted by Gasteiger charge is -2.00. The first kappa shape index (κ1) is 8.21. The van der Waals surface area contributed by atoms with Crippen molar-refractivity contribution in [1.29, 1.82) is 0 Å². The summed E-state index contributed by atoms with van der Waals surface area (Å²) in [5, 5.41) is 9.94. The maximum absolute atomic E-state index is 9.94. The van der Waals surface area contributed by atoms with Gasteiger partial charge in [-0.25, -0.2) is 9.90 Å². The van der Waals surface area contributed by atoms with Crippen LogP contribution in [0.2, 0.25) is 0 Å². The Balaban J connectivity index is 3.37. The maximum Gasteiger partial charge on any atom is 0.355 e. The number of carbonyl (C=O) groups excluding carboxylic acids is 1. The van der Waals surface area contributed by atoms with E-state index in [0.717, 1.165) is 6.42 Å². The van der Waals surface area contributed by atoms with Gasteiger partial charge in [0.25, 0.3) is 0 Å². The van der Waals surface area contributed by atoms with Crippen LogP contribution in [0.15, 0.2) is 12.7 Å². The van der Waals surface area contributed by atoms with E-state index in [1.165, 1.54) is 0 Å². The average Bonchev–Trinajstić information content (AvgIpc) is 1.63. The molecule has 0 aromatic carbocycles. The summed E-state index contributed by atoms with van der Waals surface area (Å²) >= 11 is 0. The fourth-order valence-corrected chi connectivity index (χ4v) is 0.652. The molecule has 51 valence electrons. The molecule has 0 aliphatic carbocycles. The minimum atomic E-state index is -0.982. The van der Waals surface area contributed by atoms with Crippen LogP contribution in [0.5, 0.6) is 0 Å². The Morgan fingerprint density at radius 3 is 2.67 bits per heavy atom. The lowest BCUT2D eigenvalue weighted by molar-refractivity contribution is -0.144. The second-order valence-electron chi connectivity index (χ2n) is 2.21. The highest BCUT2D eigenvalue weighted by Crippen LogP contribution is 2.06. The first-order chi connectivity index (χ1) is 4.16. The zero-order valence-corrected chi connectivity index (χ0v) is 5.59. The Labute approximate surface area is 55.2 Å². The van der Waals surface area contributed by atoms with Gasteiger partial charge in [0, 0.05) is 0 Å². The van der Waals surface area contributed by atoms with E-state index in [1.807, 2.05) is 6.92 Å². The van der Waals surface area contributed by atoms with Gasteiger partial charge in [-0.1, -0.05) is 13.0 Å². The number of hydrogen-bond donors (Lipinski definition) is 0. The normalized spacial score (nSPS) is 12.6. The molecule has 0 saturated carbocycles. The van der Waals surface area contributed by atoms with Crippen molar-refractivity contribution in [2.45, 2.75) is 19.8 Å².